The Balaban J connectivity index is 2.72. The molecule has 0 saturated carbocycles. The number of para-hydroxylation sites is 1. The summed E-state index contributed by atoms with van der Waals surface area (Å²) in [7, 11) is 1.59. The Morgan fingerprint density at radius 3 is 2.65 bits per heavy atom. The van der Waals surface area contributed by atoms with Gasteiger partial charge in [-0.1, -0.05) is 18.2 Å². The van der Waals surface area contributed by atoms with Crippen molar-refractivity contribution in [1.29, 1.82) is 0 Å². The van der Waals surface area contributed by atoms with E-state index in [2.05, 4.69) is 0 Å². The van der Waals surface area contributed by atoms with E-state index in [4.69, 9.17) is 15.6 Å². The summed E-state index contributed by atoms with van der Waals surface area (Å²) in [5.74, 6) is -0.783. The van der Waals surface area contributed by atoms with E-state index in [1.807, 2.05) is 31.2 Å². The molecule has 6 nitrogen and oxygen atoms in total. The molecule has 0 aliphatic heterocycles. The number of aliphatic carboxylic acids is 1. The van der Waals surface area contributed by atoms with Crippen LogP contribution in [0, 0.1) is 0 Å². The second-order valence-corrected chi connectivity index (χ2v) is 4.44. The largest absolute Gasteiger partial charge is 0.494 e. The third kappa shape index (κ3) is 4.55. The van der Waals surface area contributed by atoms with Crippen LogP contribution in [0.5, 0.6) is 5.75 Å². The van der Waals surface area contributed by atoms with Gasteiger partial charge in [0.2, 0.25) is 5.91 Å². The highest BCUT2D eigenvalue weighted by Gasteiger charge is 2.21. The number of benzene rings is 1. The summed E-state index contributed by atoms with van der Waals surface area (Å²) in [6, 6.07) is 6.36. The predicted molar refractivity (Wildman–Crippen MR) is 74.3 cm³/mol. The molecule has 6 heteroatoms. The fourth-order valence-corrected chi connectivity index (χ4v) is 1.82. The summed E-state index contributed by atoms with van der Waals surface area (Å²) in [5, 5.41) is 8.65. The number of ether oxygens (including phenoxy) is 1. The molecule has 1 aromatic rings. The molecule has 0 bridgehead atoms. The minimum atomic E-state index is -1.09. The van der Waals surface area contributed by atoms with E-state index in [1.165, 1.54) is 4.90 Å². The Hall–Kier alpha value is -2.08. The molecular formula is C14H20N2O4. The second kappa shape index (κ2) is 7.49. The van der Waals surface area contributed by atoms with Crippen molar-refractivity contribution in [1.82, 2.24) is 4.90 Å². The molecule has 0 saturated heterocycles. The van der Waals surface area contributed by atoms with Gasteiger partial charge < -0.3 is 20.5 Å². The number of likely N-dealkylation sites (N-methyl/N-ethyl adjacent to an activating group) is 1. The summed E-state index contributed by atoms with van der Waals surface area (Å²) in [6.45, 7) is 2.74. The number of hydrogen-bond donors (Lipinski definition) is 2. The van der Waals surface area contributed by atoms with Crippen LogP contribution >= 0.6 is 0 Å². The normalized spacial score (nSPS) is 11.8. The van der Waals surface area contributed by atoms with Gasteiger partial charge in [-0.25, -0.2) is 0 Å². The Morgan fingerprint density at radius 2 is 2.05 bits per heavy atom. The van der Waals surface area contributed by atoms with Crippen molar-refractivity contribution in [2.45, 2.75) is 25.9 Å². The number of carbonyl (C=O) groups is 2. The average Bonchev–Trinajstić information content (AvgIpc) is 2.39. The highest BCUT2D eigenvalue weighted by atomic mass is 16.5. The Labute approximate surface area is 118 Å². The van der Waals surface area contributed by atoms with Crippen LogP contribution in [0.25, 0.3) is 0 Å². The van der Waals surface area contributed by atoms with Gasteiger partial charge in [0.25, 0.3) is 0 Å². The van der Waals surface area contributed by atoms with E-state index in [0.29, 0.717) is 18.9 Å². The van der Waals surface area contributed by atoms with Crippen LogP contribution < -0.4 is 10.5 Å². The third-order valence-corrected chi connectivity index (χ3v) is 2.77. The first-order valence-corrected chi connectivity index (χ1v) is 6.38. The smallest absolute Gasteiger partial charge is 0.305 e. The number of rotatable bonds is 7. The molecule has 0 spiro atoms. The monoisotopic (exact) mass is 280 g/mol. The maximum absolute atomic E-state index is 11.9. The number of carboxylic acid groups (broad SMARTS) is 1. The molecule has 0 aliphatic rings. The molecule has 0 radical (unpaired) electrons. The van der Waals surface area contributed by atoms with Crippen LogP contribution in [-0.4, -0.2) is 41.6 Å². The molecule has 0 fully saturated rings. The fourth-order valence-electron chi connectivity index (χ4n) is 1.82. The van der Waals surface area contributed by atoms with Crippen molar-refractivity contribution in [3.63, 3.8) is 0 Å². The summed E-state index contributed by atoms with van der Waals surface area (Å²) in [4.78, 5) is 23.9. The highest BCUT2D eigenvalue weighted by Crippen LogP contribution is 2.19. The molecular weight excluding hydrogens is 260 g/mol. The maximum atomic E-state index is 11.9. The van der Waals surface area contributed by atoms with E-state index >= 15 is 0 Å². The van der Waals surface area contributed by atoms with Gasteiger partial charge in [0.15, 0.2) is 0 Å². The summed E-state index contributed by atoms with van der Waals surface area (Å²) < 4.78 is 5.48. The number of hydrogen-bond acceptors (Lipinski definition) is 4. The van der Waals surface area contributed by atoms with Crippen molar-refractivity contribution in [2.75, 3.05) is 13.7 Å². The van der Waals surface area contributed by atoms with Crippen LogP contribution in [0.4, 0.5) is 0 Å². The Morgan fingerprint density at radius 1 is 1.40 bits per heavy atom. The van der Waals surface area contributed by atoms with Gasteiger partial charge in [-0.2, -0.15) is 0 Å². The van der Waals surface area contributed by atoms with Crippen LogP contribution in [0.2, 0.25) is 0 Å². The molecule has 3 N–H and O–H groups in total. The fraction of sp³-hybridized carbons (Fsp3) is 0.429. The number of carbonyl (C=O) groups excluding carboxylic acids is 1. The SMILES string of the molecule is CCOc1ccccc1CN(C)C(=O)C(N)CC(=O)O. The van der Waals surface area contributed by atoms with Gasteiger partial charge in [-0.15, -0.1) is 0 Å². The van der Waals surface area contributed by atoms with E-state index in [0.717, 1.165) is 5.56 Å². The van der Waals surface area contributed by atoms with E-state index in [-0.39, 0.29) is 6.42 Å². The number of nitrogens with two attached hydrogens (primary N) is 1. The maximum Gasteiger partial charge on any atom is 0.305 e. The van der Waals surface area contributed by atoms with Gasteiger partial charge in [-0.05, 0) is 13.0 Å². The Kier molecular flexibility index (Phi) is 5.99. The van der Waals surface area contributed by atoms with Crippen molar-refractivity contribution in [3.8, 4) is 5.75 Å². The molecule has 20 heavy (non-hydrogen) atoms. The summed E-state index contributed by atoms with van der Waals surface area (Å²) in [6.07, 6.45) is -0.379. The number of amides is 1. The predicted octanol–water partition coefficient (Wildman–Crippen LogP) is 0.846. The molecule has 0 heterocycles. The van der Waals surface area contributed by atoms with Crippen molar-refractivity contribution in [2.24, 2.45) is 5.73 Å². The minimum Gasteiger partial charge on any atom is -0.494 e. The molecule has 110 valence electrons. The lowest BCUT2D eigenvalue weighted by Gasteiger charge is -2.21. The standard InChI is InChI=1S/C14H20N2O4/c1-3-20-12-7-5-4-6-10(12)9-16(2)14(19)11(15)8-13(17)18/h4-7,11H,3,8-9,15H2,1-2H3,(H,17,18). The van der Waals surface area contributed by atoms with Crippen LogP contribution in [-0.2, 0) is 16.1 Å². The molecule has 1 unspecified atom stereocenters. The molecule has 0 aromatic heterocycles. The zero-order valence-electron chi connectivity index (χ0n) is 11.7. The van der Waals surface area contributed by atoms with Gasteiger partial charge in [-0.3, -0.25) is 9.59 Å². The zero-order chi connectivity index (χ0) is 15.1. The van der Waals surface area contributed by atoms with Crippen LogP contribution in [0.3, 0.4) is 0 Å². The number of nitrogens with zero attached hydrogens (tertiary/aromatic N) is 1. The average molecular weight is 280 g/mol. The molecule has 1 atom stereocenters. The molecule has 1 rings (SSSR count). The first kappa shape index (κ1) is 16.0. The zero-order valence-corrected chi connectivity index (χ0v) is 11.7. The molecule has 0 aliphatic carbocycles. The summed E-state index contributed by atoms with van der Waals surface area (Å²) in [5.41, 5.74) is 6.42. The number of carboxylic acids is 1. The van der Waals surface area contributed by atoms with E-state index in [9.17, 15) is 9.59 Å². The van der Waals surface area contributed by atoms with Gasteiger partial charge in [0.05, 0.1) is 19.1 Å². The minimum absolute atomic E-state index is 0.322. The van der Waals surface area contributed by atoms with Crippen molar-refractivity contribution < 1.29 is 19.4 Å². The molecule has 1 amide bonds. The summed E-state index contributed by atoms with van der Waals surface area (Å²) >= 11 is 0. The van der Waals surface area contributed by atoms with Crippen LogP contribution in [0.15, 0.2) is 24.3 Å². The van der Waals surface area contributed by atoms with E-state index < -0.39 is 17.9 Å². The van der Waals surface area contributed by atoms with Crippen LogP contribution in [0.1, 0.15) is 18.9 Å². The Bertz CT molecular complexity index is 476. The van der Waals surface area contributed by atoms with E-state index in [1.54, 1.807) is 7.05 Å². The third-order valence-electron chi connectivity index (χ3n) is 2.77. The van der Waals surface area contributed by atoms with Gasteiger partial charge >= 0.3 is 5.97 Å². The lowest BCUT2D eigenvalue weighted by molar-refractivity contribution is -0.141. The topological polar surface area (TPSA) is 92.9 Å². The lowest BCUT2D eigenvalue weighted by Crippen LogP contribution is -2.42. The molecule has 1 aromatic carbocycles. The quantitative estimate of drug-likeness (QED) is 0.772. The first-order valence-electron chi connectivity index (χ1n) is 6.38. The highest BCUT2D eigenvalue weighted by molar-refractivity contribution is 5.85. The van der Waals surface area contributed by atoms with Crippen molar-refractivity contribution in [3.05, 3.63) is 29.8 Å². The van der Waals surface area contributed by atoms with Gasteiger partial charge in [0.1, 0.15) is 5.75 Å². The van der Waals surface area contributed by atoms with Crippen molar-refractivity contribution >= 4 is 11.9 Å². The lowest BCUT2D eigenvalue weighted by atomic mass is 10.1. The second-order valence-electron chi connectivity index (χ2n) is 4.44. The van der Waals surface area contributed by atoms with Gasteiger partial charge in [0, 0.05) is 19.2 Å². The first-order chi connectivity index (χ1) is 9.45.